The standard InChI is InChI=1S/C22H24ClN3OS/c1-5-11-26-21(17(4)27-20-13-16(3)9-10-19(20)23)24-25-22(26)28-14-18-8-6-7-15(2)12-18/h5-10,12-13,17H,1,11,14H2,2-4H3. The van der Waals surface area contributed by atoms with Gasteiger partial charge in [-0.2, -0.15) is 0 Å². The van der Waals surface area contributed by atoms with Crippen LogP contribution in [0.1, 0.15) is 35.5 Å². The number of nitrogens with zero attached hydrogens (tertiary/aromatic N) is 3. The lowest BCUT2D eigenvalue weighted by Crippen LogP contribution is -2.12. The van der Waals surface area contributed by atoms with Crippen LogP contribution in [0.2, 0.25) is 5.02 Å². The third-order valence-corrected chi connectivity index (χ3v) is 5.61. The van der Waals surface area contributed by atoms with Crippen LogP contribution in [0.5, 0.6) is 5.75 Å². The molecule has 0 amide bonds. The van der Waals surface area contributed by atoms with Crippen molar-refractivity contribution in [3.05, 3.63) is 82.7 Å². The van der Waals surface area contributed by atoms with Crippen molar-refractivity contribution in [3.8, 4) is 5.75 Å². The van der Waals surface area contributed by atoms with Gasteiger partial charge < -0.3 is 4.74 Å². The van der Waals surface area contributed by atoms with Gasteiger partial charge in [-0.1, -0.05) is 65.3 Å². The topological polar surface area (TPSA) is 39.9 Å². The van der Waals surface area contributed by atoms with Crippen molar-refractivity contribution in [3.63, 3.8) is 0 Å². The van der Waals surface area contributed by atoms with Gasteiger partial charge in [-0.3, -0.25) is 4.57 Å². The van der Waals surface area contributed by atoms with E-state index in [9.17, 15) is 0 Å². The molecule has 0 radical (unpaired) electrons. The monoisotopic (exact) mass is 413 g/mol. The van der Waals surface area contributed by atoms with Crippen molar-refractivity contribution in [2.75, 3.05) is 0 Å². The summed E-state index contributed by atoms with van der Waals surface area (Å²) in [5.74, 6) is 2.23. The first-order valence-corrected chi connectivity index (χ1v) is 10.5. The Kier molecular flexibility index (Phi) is 6.81. The zero-order valence-electron chi connectivity index (χ0n) is 16.4. The third kappa shape index (κ3) is 4.97. The van der Waals surface area contributed by atoms with Crippen LogP contribution in [0.15, 0.2) is 60.3 Å². The Morgan fingerprint density at radius 3 is 2.71 bits per heavy atom. The molecule has 0 aliphatic heterocycles. The number of rotatable bonds is 8. The Balaban J connectivity index is 1.79. The molecule has 1 atom stereocenters. The average molecular weight is 414 g/mol. The number of aromatic nitrogens is 3. The average Bonchev–Trinajstić information content (AvgIpc) is 3.06. The van der Waals surface area contributed by atoms with E-state index in [0.29, 0.717) is 17.3 Å². The number of benzene rings is 2. The van der Waals surface area contributed by atoms with E-state index < -0.39 is 0 Å². The van der Waals surface area contributed by atoms with E-state index in [1.165, 1.54) is 11.1 Å². The first-order valence-electron chi connectivity index (χ1n) is 9.13. The van der Waals surface area contributed by atoms with Gasteiger partial charge in [-0.05, 0) is 44.0 Å². The summed E-state index contributed by atoms with van der Waals surface area (Å²) in [6, 6.07) is 14.2. The molecule has 0 aliphatic rings. The molecule has 0 saturated heterocycles. The molecular formula is C22H24ClN3OS. The van der Waals surface area contributed by atoms with E-state index in [-0.39, 0.29) is 6.10 Å². The van der Waals surface area contributed by atoms with E-state index in [1.54, 1.807) is 11.8 Å². The summed E-state index contributed by atoms with van der Waals surface area (Å²) in [6.07, 6.45) is 1.55. The van der Waals surface area contributed by atoms with Crippen LogP contribution in [0.3, 0.4) is 0 Å². The van der Waals surface area contributed by atoms with Crippen LogP contribution >= 0.6 is 23.4 Å². The van der Waals surface area contributed by atoms with Crippen molar-refractivity contribution >= 4 is 23.4 Å². The molecule has 0 saturated carbocycles. The van der Waals surface area contributed by atoms with Crippen LogP contribution < -0.4 is 4.74 Å². The number of allylic oxidation sites excluding steroid dienone is 1. The van der Waals surface area contributed by atoms with Gasteiger partial charge in [0.1, 0.15) is 5.75 Å². The summed E-state index contributed by atoms with van der Waals surface area (Å²) >= 11 is 7.93. The van der Waals surface area contributed by atoms with Crippen molar-refractivity contribution in [1.82, 2.24) is 14.8 Å². The molecule has 3 aromatic rings. The first kappa shape index (κ1) is 20.5. The Bertz CT molecular complexity index is 970. The molecular weight excluding hydrogens is 390 g/mol. The van der Waals surface area contributed by atoms with E-state index in [4.69, 9.17) is 16.3 Å². The Morgan fingerprint density at radius 2 is 1.96 bits per heavy atom. The second kappa shape index (κ2) is 9.30. The van der Waals surface area contributed by atoms with Gasteiger partial charge in [-0.25, -0.2) is 0 Å². The molecule has 3 rings (SSSR count). The van der Waals surface area contributed by atoms with Crippen molar-refractivity contribution in [2.45, 2.75) is 44.3 Å². The fourth-order valence-corrected chi connectivity index (χ4v) is 3.96. The molecule has 0 aliphatic carbocycles. The second-order valence-corrected chi connectivity index (χ2v) is 8.06. The molecule has 0 spiro atoms. The minimum Gasteiger partial charge on any atom is -0.481 e. The van der Waals surface area contributed by atoms with Crippen LogP contribution in [0.25, 0.3) is 0 Å². The minimum atomic E-state index is -0.292. The number of aryl methyl sites for hydroxylation is 2. The third-order valence-electron chi connectivity index (χ3n) is 4.26. The van der Waals surface area contributed by atoms with Crippen LogP contribution in [-0.4, -0.2) is 14.8 Å². The smallest absolute Gasteiger partial charge is 0.191 e. The highest BCUT2D eigenvalue weighted by Gasteiger charge is 2.20. The van der Waals surface area contributed by atoms with Crippen molar-refractivity contribution in [2.24, 2.45) is 0 Å². The summed E-state index contributed by atoms with van der Waals surface area (Å²) in [5, 5.41) is 10.2. The quantitative estimate of drug-likeness (QED) is 0.327. The molecule has 1 unspecified atom stereocenters. The molecule has 6 heteroatoms. The maximum absolute atomic E-state index is 6.28. The number of halogens is 1. The number of thioether (sulfide) groups is 1. The Morgan fingerprint density at radius 1 is 1.18 bits per heavy atom. The lowest BCUT2D eigenvalue weighted by molar-refractivity contribution is 0.210. The van der Waals surface area contributed by atoms with E-state index in [2.05, 4.69) is 48.0 Å². The number of ether oxygens (including phenoxy) is 1. The fraction of sp³-hybridized carbons (Fsp3) is 0.273. The maximum atomic E-state index is 6.28. The molecule has 0 N–H and O–H groups in total. The zero-order valence-corrected chi connectivity index (χ0v) is 17.9. The van der Waals surface area contributed by atoms with E-state index in [1.807, 2.05) is 42.7 Å². The molecule has 1 heterocycles. The first-order chi connectivity index (χ1) is 13.5. The van der Waals surface area contributed by atoms with Gasteiger partial charge in [0.05, 0.1) is 5.02 Å². The van der Waals surface area contributed by atoms with Gasteiger partial charge in [0, 0.05) is 12.3 Å². The lowest BCUT2D eigenvalue weighted by atomic mass is 10.2. The Labute approximate surface area is 175 Å². The van der Waals surface area contributed by atoms with Crippen molar-refractivity contribution in [1.29, 1.82) is 0 Å². The minimum absolute atomic E-state index is 0.292. The summed E-state index contributed by atoms with van der Waals surface area (Å²) in [4.78, 5) is 0. The summed E-state index contributed by atoms with van der Waals surface area (Å²) in [6.45, 7) is 10.6. The van der Waals surface area contributed by atoms with Gasteiger partial charge in [-0.15, -0.1) is 16.8 Å². The SMILES string of the molecule is C=CCn1c(SCc2cccc(C)c2)nnc1C(C)Oc1cc(C)ccc1Cl. The molecule has 2 aromatic carbocycles. The second-order valence-electron chi connectivity index (χ2n) is 6.71. The predicted octanol–water partition coefficient (Wildman–Crippen LogP) is 6.17. The lowest BCUT2D eigenvalue weighted by Gasteiger charge is -2.17. The maximum Gasteiger partial charge on any atom is 0.191 e. The molecule has 0 bridgehead atoms. The van der Waals surface area contributed by atoms with Gasteiger partial charge in [0.2, 0.25) is 0 Å². The highest BCUT2D eigenvalue weighted by Crippen LogP contribution is 2.31. The van der Waals surface area contributed by atoms with Gasteiger partial charge in [0.15, 0.2) is 17.1 Å². The molecule has 4 nitrogen and oxygen atoms in total. The van der Waals surface area contributed by atoms with E-state index >= 15 is 0 Å². The molecule has 0 fully saturated rings. The normalized spacial score (nSPS) is 12.0. The van der Waals surface area contributed by atoms with Crippen LogP contribution in [-0.2, 0) is 12.3 Å². The number of hydrogen-bond donors (Lipinski definition) is 0. The largest absolute Gasteiger partial charge is 0.481 e. The van der Waals surface area contributed by atoms with Crippen molar-refractivity contribution < 1.29 is 4.74 Å². The highest BCUT2D eigenvalue weighted by atomic mass is 35.5. The highest BCUT2D eigenvalue weighted by molar-refractivity contribution is 7.98. The van der Waals surface area contributed by atoms with Crippen LogP contribution in [0.4, 0.5) is 0 Å². The van der Waals surface area contributed by atoms with Gasteiger partial charge in [0.25, 0.3) is 0 Å². The molecule has 28 heavy (non-hydrogen) atoms. The summed E-state index contributed by atoms with van der Waals surface area (Å²) in [7, 11) is 0. The summed E-state index contributed by atoms with van der Waals surface area (Å²) in [5.41, 5.74) is 3.60. The van der Waals surface area contributed by atoms with E-state index in [0.717, 1.165) is 22.3 Å². The van der Waals surface area contributed by atoms with Gasteiger partial charge >= 0.3 is 0 Å². The fourth-order valence-electron chi connectivity index (χ4n) is 2.90. The Hall–Kier alpha value is -2.24. The number of hydrogen-bond acceptors (Lipinski definition) is 4. The summed E-state index contributed by atoms with van der Waals surface area (Å²) < 4.78 is 8.14. The van der Waals surface area contributed by atoms with Crippen LogP contribution in [0, 0.1) is 13.8 Å². The molecule has 1 aromatic heterocycles. The zero-order chi connectivity index (χ0) is 20.1. The molecule has 146 valence electrons. The predicted molar refractivity (Wildman–Crippen MR) is 116 cm³/mol.